The summed E-state index contributed by atoms with van der Waals surface area (Å²) >= 11 is 5.75. The topological polar surface area (TPSA) is 18.5 Å². The first-order chi connectivity index (χ1) is 6.21. The van der Waals surface area contributed by atoms with Gasteiger partial charge < -0.3 is 9.47 Å². The maximum absolute atomic E-state index is 5.75. The summed E-state index contributed by atoms with van der Waals surface area (Å²) in [6.07, 6.45) is 0. The number of hydrogen-bond acceptors (Lipinski definition) is 2. The monoisotopic (exact) mass is 204 g/mol. The van der Waals surface area contributed by atoms with Crippen LogP contribution in [0.1, 0.15) is 12.5 Å². The summed E-state index contributed by atoms with van der Waals surface area (Å²) in [5, 5.41) is 0.672. The zero-order chi connectivity index (χ0) is 9.31. The Morgan fingerprint density at radius 2 is 2.00 bits per heavy atom. The van der Waals surface area contributed by atoms with Gasteiger partial charge in [0.1, 0.15) is 0 Å². The van der Waals surface area contributed by atoms with Crippen LogP contribution in [0.25, 0.3) is 0 Å². The molecule has 0 saturated carbocycles. The van der Waals surface area contributed by atoms with Crippen molar-refractivity contribution in [1.82, 2.24) is 0 Å². The molecule has 1 aromatic rings. The van der Waals surface area contributed by atoms with E-state index >= 15 is 0 Å². The SMILES string of the molecule is CC1(c2[c-]cc(Cl)cc2)OCCO1.[Li+]. The van der Waals surface area contributed by atoms with Gasteiger partial charge in [-0.15, -0.1) is 5.56 Å². The molecule has 0 unspecified atom stereocenters. The average Bonchev–Trinajstić information content (AvgIpc) is 2.54. The van der Waals surface area contributed by atoms with Gasteiger partial charge in [-0.3, -0.25) is 0 Å². The zero-order valence-corrected chi connectivity index (χ0v) is 9.10. The third-order valence-corrected chi connectivity index (χ3v) is 2.34. The van der Waals surface area contributed by atoms with E-state index in [9.17, 15) is 0 Å². The number of ether oxygens (including phenoxy) is 2. The van der Waals surface area contributed by atoms with Gasteiger partial charge in [-0.2, -0.15) is 35.9 Å². The molecule has 70 valence electrons. The van der Waals surface area contributed by atoms with Gasteiger partial charge in [0.25, 0.3) is 0 Å². The predicted molar refractivity (Wildman–Crippen MR) is 49.5 cm³/mol. The molecule has 4 heteroatoms. The molecule has 1 aliphatic heterocycles. The summed E-state index contributed by atoms with van der Waals surface area (Å²) in [6, 6.07) is 8.43. The van der Waals surface area contributed by atoms with E-state index in [0.29, 0.717) is 18.2 Å². The fourth-order valence-electron chi connectivity index (χ4n) is 1.36. The van der Waals surface area contributed by atoms with E-state index in [-0.39, 0.29) is 18.9 Å². The van der Waals surface area contributed by atoms with Crippen molar-refractivity contribution in [2.75, 3.05) is 13.2 Å². The molecule has 0 aliphatic carbocycles. The number of benzene rings is 1. The molecule has 0 aromatic heterocycles. The van der Waals surface area contributed by atoms with E-state index in [1.54, 1.807) is 6.07 Å². The first kappa shape index (κ1) is 12.1. The van der Waals surface area contributed by atoms with E-state index in [0.717, 1.165) is 5.56 Å². The minimum Gasteiger partial charge on any atom is -0.346 e. The summed E-state index contributed by atoms with van der Waals surface area (Å²) in [6.45, 7) is 3.15. The molecule has 0 spiro atoms. The maximum Gasteiger partial charge on any atom is 1.00 e. The third kappa shape index (κ3) is 2.33. The fraction of sp³-hybridized carbons (Fsp3) is 0.400. The standard InChI is InChI=1S/C10H10ClO2.Li/c1-10(12-6-7-13-10)8-2-4-9(11)5-3-8;/h2,4-5H,6-7H2,1H3;/q-1;+1. The van der Waals surface area contributed by atoms with Gasteiger partial charge in [-0.1, -0.05) is 5.02 Å². The van der Waals surface area contributed by atoms with Crippen molar-refractivity contribution >= 4 is 11.6 Å². The second kappa shape index (κ2) is 4.70. The summed E-state index contributed by atoms with van der Waals surface area (Å²) in [7, 11) is 0. The Balaban J connectivity index is 0.000000980. The first-order valence-electron chi connectivity index (χ1n) is 4.16. The molecule has 0 radical (unpaired) electrons. The minimum absolute atomic E-state index is 0. The molecule has 0 N–H and O–H groups in total. The average molecular weight is 205 g/mol. The second-order valence-electron chi connectivity index (χ2n) is 3.06. The fourth-order valence-corrected chi connectivity index (χ4v) is 1.48. The molecule has 1 saturated heterocycles. The first-order valence-corrected chi connectivity index (χ1v) is 4.54. The van der Waals surface area contributed by atoms with Crippen molar-refractivity contribution in [2.24, 2.45) is 0 Å². The Bertz CT molecular complexity index is 293. The molecule has 1 aliphatic rings. The zero-order valence-electron chi connectivity index (χ0n) is 8.34. The third-order valence-electron chi connectivity index (χ3n) is 2.10. The quantitative estimate of drug-likeness (QED) is 0.448. The minimum atomic E-state index is -0.634. The van der Waals surface area contributed by atoms with Gasteiger partial charge in [0.15, 0.2) is 5.79 Å². The van der Waals surface area contributed by atoms with Crippen molar-refractivity contribution in [2.45, 2.75) is 12.7 Å². The Morgan fingerprint density at radius 3 is 2.50 bits per heavy atom. The van der Waals surface area contributed by atoms with Gasteiger partial charge >= 0.3 is 18.9 Å². The Kier molecular flexibility index (Phi) is 4.06. The summed E-state index contributed by atoms with van der Waals surface area (Å²) in [5.41, 5.74) is 0.884. The molecule has 2 nitrogen and oxygen atoms in total. The van der Waals surface area contributed by atoms with Crippen molar-refractivity contribution < 1.29 is 28.3 Å². The van der Waals surface area contributed by atoms with Crippen LogP contribution in [-0.2, 0) is 15.3 Å². The Labute approximate surface area is 101 Å². The van der Waals surface area contributed by atoms with Crippen LogP contribution in [0.5, 0.6) is 0 Å². The van der Waals surface area contributed by atoms with Crippen LogP contribution in [0.15, 0.2) is 18.2 Å². The van der Waals surface area contributed by atoms with E-state index < -0.39 is 5.79 Å². The van der Waals surface area contributed by atoms with Crippen LogP contribution < -0.4 is 18.9 Å². The van der Waals surface area contributed by atoms with Crippen molar-refractivity contribution in [3.63, 3.8) is 0 Å². The van der Waals surface area contributed by atoms with E-state index in [4.69, 9.17) is 21.1 Å². The molecule has 1 fully saturated rings. The largest absolute Gasteiger partial charge is 1.00 e. The molecule has 14 heavy (non-hydrogen) atoms. The maximum atomic E-state index is 5.75. The van der Waals surface area contributed by atoms with Crippen LogP contribution in [-0.4, -0.2) is 13.2 Å². The molecule has 0 amide bonds. The van der Waals surface area contributed by atoms with Crippen LogP contribution in [0.3, 0.4) is 0 Å². The van der Waals surface area contributed by atoms with Crippen molar-refractivity contribution in [1.29, 1.82) is 0 Å². The number of halogens is 1. The second-order valence-corrected chi connectivity index (χ2v) is 3.50. The van der Waals surface area contributed by atoms with Crippen LogP contribution in [0, 0.1) is 6.07 Å². The van der Waals surface area contributed by atoms with E-state index in [2.05, 4.69) is 6.07 Å². The molecule has 0 atom stereocenters. The summed E-state index contributed by atoms with van der Waals surface area (Å²) in [4.78, 5) is 0. The number of rotatable bonds is 1. The molecular weight excluding hydrogens is 195 g/mol. The normalized spacial score (nSPS) is 19.0. The van der Waals surface area contributed by atoms with Gasteiger partial charge in [0, 0.05) is 0 Å². The van der Waals surface area contributed by atoms with Gasteiger partial charge in [-0.25, -0.2) is 0 Å². The molecule has 0 bridgehead atoms. The van der Waals surface area contributed by atoms with Gasteiger partial charge in [0.2, 0.25) is 0 Å². The van der Waals surface area contributed by atoms with Crippen LogP contribution >= 0.6 is 11.6 Å². The Morgan fingerprint density at radius 1 is 1.36 bits per heavy atom. The summed E-state index contributed by atoms with van der Waals surface area (Å²) < 4.78 is 10.9. The van der Waals surface area contributed by atoms with Crippen LogP contribution in [0.4, 0.5) is 0 Å². The molecule has 2 rings (SSSR count). The van der Waals surface area contributed by atoms with E-state index in [1.807, 2.05) is 19.1 Å². The van der Waals surface area contributed by atoms with Gasteiger partial charge in [-0.05, 0) is 6.92 Å². The summed E-state index contributed by atoms with van der Waals surface area (Å²) in [5.74, 6) is -0.634. The molecule has 1 heterocycles. The van der Waals surface area contributed by atoms with Gasteiger partial charge in [0.05, 0.1) is 13.2 Å². The molecular formula is C10H10ClLiO2. The smallest absolute Gasteiger partial charge is 0.346 e. The van der Waals surface area contributed by atoms with E-state index in [1.165, 1.54) is 0 Å². The van der Waals surface area contributed by atoms with Crippen LogP contribution in [0.2, 0.25) is 5.02 Å². The molecule has 1 aromatic carbocycles. The number of hydrogen-bond donors (Lipinski definition) is 0. The predicted octanol–water partition coefficient (Wildman–Crippen LogP) is -0.636. The van der Waals surface area contributed by atoms with Crippen molar-refractivity contribution in [3.05, 3.63) is 34.9 Å². The Hall–Kier alpha value is 0.0274. The van der Waals surface area contributed by atoms with Crippen molar-refractivity contribution in [3.8, 4) is 0 Å².